The minimum Gasteiger partial charge on any atom is -0.415 e. The quantitative estimate of drug-likeness (QED) is 0.414. The summed E-state index contributed by atoms with van der Waals surface area (Å²) in [4.78, 5) is 0. The SMILES string of the molecule is C[SiH]([SiH3])Cl.C[Si](C)([SiH3])OCC(F)(F)C(F)(F)F. The molecule has 0 amide bonds. The predicted octanol–water partition coefficient (Wildman–Crippen LogP) is 0.709. The summed E-state index contributed by atoms with van der Waals surface area (Å²) in [7, 11) is -0.937. The molecule has 1 nitrogen and oxygen atoms in total. The van der Waals surface area contributed by atoms with Gasteiger partial charge in [0.1, 0.15) is 14.2 Å². The highest BCUT2D eigenvalue weighted by atomic mass is 35.6. The summed E-state index contributed by atoms with van der Waals surface area (Å²) in [6, 6.07) is 0. The van der Waals surface area contributed by atoms with Crippen molar-refractivity contribution in [2.75, 3.05) is 6.61 Å². The van der Waals surface area contributed by atoms with Gasteiger partial charge in [0.15, 0.2) is 7.83 Å². The molecule has 1 atom stereocenters. The van der Waals surface area contributed by atoms with Gasteiger partial charge in [0.05, 0.1) is 0 Å². The van der Waals surface area contributed by atoms with Crippen LogP contribution in [0.3, 0.4) is 0 Å². The van der Waals surface area contributed by atoms with Crippen LogP contribution in [0.1, 0.15) is 0 Å². The fraction of sp³-hybridized carbons (Fsp3) is 1.00. The lowest BCUT2D eigenvalue weighted by molar-refractivity contribution is -0.290. The van der Waals surface area contributed by atoms with E-state index in [4.69, 9.17) is 11.1 Å². The molecular formula is C6H18ClF5OSi4. The van der Waals surface area contributed by atoms with Gasteiger partial charge in [-0.2, -0.15) is 33.0 Å². The van der Waals surface area contributed by atoms with Crippen molar-refractivity contribution in [3.63, 3.8) is 0 Å². The smallest absolute Gasteiger partial charge is 0.415 e. The van der Waals surface area contributed by atoms with Crippen LogP contribution in [0.25, 0.3) is 0 Å². The van der Waals surface area contributed by atoms with Crippen molar-refractivity contribution in [3.8, 4) is 0 Å². The molecule has 0 saturated heterocycles. The Kier molecular flexibility index (Phi) is 8.72. The highest BCUT2D eigenvalue weighted by Gasteiger charge is 2.57. The average Bonchev–Trinajstić information content (AvgIpc) is 1.96. The molecule has 0 aromatic heterocycles. The summed E-state index contributed by atoms with van der Waals surface area (Å²) in [5.74, 6) is -4.72. The number of hydrogen-bond donors (Lipinski definition) is 0. The van der Waals surface area contributed by atoms with Gasteiger partial charge in [-0.05, 0) is 13.1 Å². The van der Waals surface area contributed by atoms with Gasteiger partial charge in [-0.25, -0.2) is 0 Å². The summed E-state index contributed by atoms with van der Waals surface area (Å²) < 4.78 is 63.9. The second-order valence-electron chi connectivity index (χ2n) is 4.62. The summed E-state index contributed by atoms with van der Waals surface area (Å²) in [6.07, 6.45) is -5.51. The number of rotatable bonds is 3. The Hall–Kier alpha value is 0.768. The molecule has 0 aliphatic carbocycles. The minimum atomic E-state index is -5.51. The molecule has 0 saturated carbocycles. The molecule has 106 valence electrons. The highest BCUT2D eigenvalue weighted by Crippen LogP contribution is 2.35. The monoisotopic (exact) mass is 348 g/mol. The van der Waals surface area contributed by atoms with Crippen molar-refractivity contribution in [1.82, 2.24) is 0 Å². The van der Waals surface area contributed by atoms with Gasteiger partial charge < -0.3 is 4.43 Å². The summed E-state index contributed by atoms with van der Waals surface area (Å²) >= 11 is 5.48. The van der Waals surface area contributed by atoms with Crippen LogP contribution in [0.5, 0.6) is 0 Å². The van der Waals surface area contributed by atoms with Crippen LogP contribution in [-0.2, 0) is 4.43 Å². The molecule has 0 bridgehead atoms. The second kappa shape index (κ2) is 7.38. The summed E-state index contributed by atoms with van der Waals surface area (Å²) in [5.41, 5.74) is 0. The van der Waals surface area contributed by atoms with Gasteiger partial charge in [0, 0.05) is 19.5 Å². The largest absolute Gasteiger partial charge is 0.455 e. The molecule has 0 radical (unpaired) electrons. The molecule has 0 fully saturated rings. The first-order valence-corrected chi connectivity index (χ1v) is 18.8. The maximum absolute atomic E-state index is 12.2. The van der Waals surface area contributed by atoms with Crippen LogP contribution in [-0.4, -0.2) is 53.7 Å². The Morgan fingerprint density at radius 3 is 1.71 bits per heavy atom. The van der Waals surface area contributed by atoms with Gasteiger partial charge in [0.25, 0.3) is 0 Å². The molecule has 0 rings (SSSR count). The van der Waals surface area contributed by atoms with E-state index in [1.165, 1.54) is 9.76 Å². The van der Waals surface area contributed by atoms with Crippen molar-refractivity contribution in [3.05, 3.63) is 0 Å². The zero-order valence-corrected chi connectivity index (χ0v) is 17.4. The van der Waals surface area contributed by atoms with E-state index in [0.717, 1.165) is 0 Å². The fourth-order valence-corrected chi connectivity index (χ4v) is 1.44. The minimum absolute atomic E-state index is 0.524. The lowest BCUT2D eigenvalue weighted by Gasteiger charge is -2.24. The fourth-order valence-electron chi connectivity index (χ4n) is 0.389. The Morgan fingerprint density at radius 1 is 1.24 bits per heavy atom. The van der Waals surface area contributed by atoms with Gasteiger partial charge >= 0.3 is 12.1 Å². The third kappa shape index (κ3) is 13.0. The van der Waals surface area contributed by atoms with Crippen LogP contribution in [0.2, 0.25) is 19.6 Å². The molecule has 0 aromatic rings. The lowest BCUT2D eigenvalue weighted by atomic mass is 10.3. The summed E-state index contributed by atoms with van der Waals surface area (Å²) in [6.45, 7) is 3.80. The van der Waals surface area contributed by atoms with Crippen molar-refractivity contribution in [1.29, 1.82) is 0 Å². The van der Waals surface area contributed by atoms with E-state index in [0.29, 0.717) is 9.76 Å². The van der Waals surface area contributed by atoms with E-state index in [1.54, 1.807) is 13.1 Å². The molecule has 1 unspecified atom stereocenters. The van der Waals surface area contributed by atoms with Crippen LogP contribution >= 0.6 is 11.1 Å². The van der Waals surface area contributed by atoms with Gasteiger partial charge in [-0.15, -0.1) is 0 Å². The molecule has 0 aliphatic heterocycles. The van der Waals surface area contributed by atoms with Gasteiger partial charge in [0.2, 0.25) is 0 Å². The predicted molar refractivity (Wildman–Crippen MR) is 73.2 cm³/mol. The van der Waals surface area contributed by atoms with Crippen LogP contribution in [0.4, 0.5) is 22.0 Å². The molecule has 0 N–H and O–H groups in total. The van der Waals surface area contributed by atoms with Crippen LogP contribution < -0.4 is 0 Å². The van der Waals surface area contributed by atoms with Crippen molar-refractivity contribution in [2.45, 2.75) is 31.7 Å². The van der Waals surface area contributed by atoms with E-state index < -0.39 is 34.2 Å². The zero-order chi connectivity index (χ0) is 14.5. The third-order valence-electron chi connectivity index (χ3n) is 1.10. The highest BCUT2D eigenvalue weighted by molar-refractivity contribution is 7.31. The maximum atomic E-state index is 12.2. The topological polar surface area (TPSA) is 9.23 Å². The first kappa shape index (κ1) is 20.1. The summed E-state index contributed by atoms with van der Waals surface area (Å²) in [5, 5.41) is 0. The van der Waals surface area contributed by atoms with E-state index in [2.05, 4.69) is 11.0 Å². The third-order valence-corrected chi connectivity index (χ3v) is 2.98. The molecule has 0 heterocycles. The number of halogens is 6. The average molecular weight is 349 g/mol. The maximum Gasteiger partial charge on any atom is 0.455 e. The van der Waals surface area contributed by atoms with Crippen LogP contribution in [0, 0.1) is 0 Å². The van der Waals surface area contributed by atoms with Gasteiger partial charge in [-0.3, -0.25) is 0 Å². The molecule has 0 aromatic carbocycles. The Morgan fingerprint density at radius 2 is 1.53 bits per heavy atom. The Bertz CT molecular complexity index is 215. The van der Waals surface area contributed by atoms with Crippen LogP contribution in [0.15, 0.2) is 0 Å². The van der Waals surface area contributed by atoms with Crippen molar-refractivity contribution < 1.29 is 26.4 Å². The normalized spacial score (nSPS) is 15.4. The molecular weight excluding hydrogens is 331 g/mol. The Balaban J connectivity index is 0. The molecule has 0 spiro atoms. The standard InChI is InChI=1S/C5H11F5OSi2.CH7ClSi2/c1-13(2,12)11-3-4(6,7)5(8,9)10;1-4(2)3/h3H2,1-2,12H3;4H,1,3H3. The molecule has 0 aliphatic rings. The Labute approximate surface area is 111 Å². The zero-order valence-electron chi connectivity index (χ0n) is 10.5. The first-order valence-electron chi connectivity index (χ1n) is 4.91. The number of alkyl halides is 5. The van der Waals surface area contributed by atoms with Crippen molar-refractivity contribution >= 4 is 46.1 Å². The van der Waals surface area contributed by atoms with E-state index in [1.807, 2.05) is 0 Å². The van der Waals surface area contributed by atoms with E-state index in [-0.39, 0.29) is 0 Å². The van der Waals surface area contributed by atoms with Gasteiger partial charge in [-0.1, -0.05) is 6.55 Å². The van der Waals surface area contributed by atoms with E-state index >= 15 is 0 Å². The number of hydrogen-bond acceptors (Lipinski definition) is 1. The second-order valence-corrected chi connectivity index (χ2v) is 28.4. The molecule has 17 heavy (non-hydrogen) atoms. The lowest BCUT2D eigenvalue weighted by Crippen LogP contribution is -2.45. The van der Waals surface area contributed by atoms with Crippen molar-refractivity contribution in [2.24, 2.45) is 0 Å². The first-order chi connectivity index (χ1) is 7.19. The molecule has 11 heteroatoms. The van der Waals surface area contributed by atoms with E-state index in [9.17, 15) is 22.0 Å².